The third-order valence-electron chi connectivity index (χ3n) is 3.68. The van der Waals surface area contributed by atoms with Crippen molar-refractivity contribution in [3.05, 3.63) is 69.8 Å². The molecule has 0 atom stereocenters. The van der Waals surface area contributed by atoms with Crippen molar-refractivity contribution < 1.29 is 24.0 Å². The molecule has 11 heteroatoms. The van der Waals surface area contributed by atoms with Gasteiger partial charge in [-0.05, 0) is 49.5 Å². The van der Waals surface area contributed by atoms with E-state index in [4.69, 9.17) is 21.7 Å². The van der Waals surface area contributed by atoms with E-state index >= 15 is 0 Å². The van der Waals surface area contributed by atoms with Crippen LogP contribution in [0.1, 0.15) is 27.6 Å². The van der Waals surface area contributed by atoms with Crippen LogP contribution in [0.5, 0.6) is 5.75 Å². The highest BCUT2D eigenvalue weighted by Gasteiger charge is 2.19. The number of carbonyl (C=O) groups is 2. The predicted octanol–water partition coefficient (Wildman–Crippen LogP) is 1.96. The number of hydrogen-bond donors (Lipinski definition) is 3. The van der Waals surface area contributed by atoms with Gasteiger partial charge in [0.05, 0.1) is 11.5 Å². The highest BCUT2D eigenvalue weighted by molar-refractivity contribution is 7.80. The van der Waals surface area contributed by atoms with Crippen LogP contribution in [0.15, 0.2) is 48.5 Å². The standard InChI is InChI=1S/C19H20N4O6S/c1-2-28-11-12-29-14-9-7-13(8-10-14)17(24)20-19(30)22-21-18(25)15-5-3-4-6-16(15)23(26)27/h3-10H,2,11-12H2,1H3,(H,21,25)(H2,20,22,24,30). The van der Waals surface area contributed by atoms with Crippen LogP contribution in [-0.4, -0.2) is 41.7 Å². The lowest BCUT2D eigenvalue weighted by atomic mass is 10.2. The van der Waals surface area contributed by atoms with Crippen molar-refractivity contribution in [2.45, 2.75) is 6.92 Å². The molecule has 3 N–H and O–H groups in total. The molecule has 0 aliphatic heterocycles. The lowest BCUT2D eigenvalue weighted by Gasteiger charge is -2.11. The first-order valence-electron chi connectivity index (χ1n) is 8.88. The van der Waals surface area contributed by atoms with Gasteiger partial charge in [-0.2, -0.15) is 0 Å². The molecule has 2 aromatic carbocycles. The largest absolute Gasteiger partial charge is 0.491 e. The zero-order valence-electron chi connectivity index (χ0n) is 16.0. The van der Waals surface area contributed by atoms with E-state index in [2.05, 4.69) is 16.2 Å². The summed E-state index contributed by atoms with van der Waals surface area (Å²) in [4.78, 5) is 34.7. The van der Waals surface area contributed by atoms with Gasteiger partial charge in [-0.15, -0.1) is 0 Å². The van der Waals surface area contributed by atoms with Crippen molar-refractivity contribution in [2.75, 3.05) is 19.8 Å². The van der Waals surface area contributed by atoms with Gasteiger partial charge in [0, 0.05) is 18.2 Å². The third kappa shape index (κ3) is 6.79. The number of thiocarbonyl (C=S) groups is 1. The second-order valence-corrected chi connectivity index (χ2v) is 6.11. The number of nitro benzene ring substituents is 1. The van der Waals surface area contributed by atoms with Crippen molar-refractivity contribution in [3.8, 4) is 5.75 Å². The van der Waals surface area contributed by atoms with E-state index in [1.807, 2.05) is 6.92 Å². The quantitative estimate of drug-likeness (QED) is 0.250. The topological polar surface area (TPSA) is 132 Å². The molecule has 2 amide bonds. The molecule has 0 radical (unpaired) electrons. The summed E-state index contributed by atoms with van der Waals surface area (Å²) in [7, 11) is 0. The SMILES string of the molecule is CCOCCOc1ccc(C(=O)NC(=S)NNC(=O)c2ccccc2[N+](=O)[O-])cc1. The number of hydrogen-bond acceptors (Lipinski definition) is 7. The van der Waals surface area contributed by atoms with E-state index in [1.165, 1.54) is 24.3 Å². The van der Waals surface area contributed by atoms with Gasteiger partial charge in [-0.1, -0.05) is 12.1 Å². The Morgan fingerprint density at radius 3 is 2.40 bits per heavy atom. The molecule has 2 aromatic rings. The van der Waals surface area contributed by atoms with Crippen LogP contribution < -0.4 is 20.9 Å². The van der Waals surface area contributed by atoms with Crippen LogP contribution in [0.2, 0.25) is 0 Å². The fraction of sp³-hybridized carbons (Fsp3) is 0.211. The molecule has 0 aromatic heterocycles. The number of para-hydroxylation sites is 1. The molecule has 10 nitrogen and oxygen atoms in total. The van der Waals surface area contributed by atoms with Gasteiger partial charge in [-0.3, -0.25) is 35.9 Å². The van der Waals surface area contributed by atoms with Crippen LogP contribution in [0.4, 0.5) is 5.69 Å². The molecule has 2 rings (SSSR count). The summed E-state index contributed by atoms with van der Waals surface area (Å²) in [6, 6.07) is 11.8. The zero-order valence-corrected chi connectivity index (χ0v) is 16.9. The van der Waals surface area contributed by atoms with E-state index < -0.39 is 16.7 Å². The summed E-state index contributed by atoms with van der Waals surface area (Å²) in [5.41, 5.74) is 4.37. The molecule has 0 spiro atoms. The number of hydrazine groups is 1. The number of rotatable bonds is 8. The van der Waals surface area contributed by atoms with Gasteiger partial charge < -0.3 is 9.47 Å². The summed E-state index contributed by atoms with van der Waals surface area (Å²) in [5.74, 6) is -0.690. The molecule has 0 saturated carbocycles. The van der Waals surface area contributed by atoms with Crippen molar-refractivity contribution >= 4 is 34.8 Å². The molecule has 30 heavy (non-hydrogen) atoms. The Bertz CT molecular complexity index is 919. The van der Waals surface area contributed by atoms with Crippen LogP contribution in [0.3, 0.4) is 0 Å². The van der Waals surface area contributed by atoms with E-state index in [0.29, 0.717) is 31.1 Å². The van der Waals surface area contributed by atoms with Gasteiger partial charge >= 0.3 is 0 Å². The highest BCUT2D eigenvalue weighted by Crippen LogP contribution is 2.17. The second-order valence-electron chi connectivity index (χ2n) is 5.71. The van der Waals surface area contributed by atoms with Crippen LogP contribution in [-0.2, 0) is 4.74 Å². The van der Waals surface area contributed by atoms with Gasteiger partial charge in [0.1, 0.15) is 17.9 Å². The summed E-state index contributed by atoms with van der Waals surface area (Å²) in [6.07, 6.45) is 0. The Balaban J connectivity index is 1.84. The number of nitrogens with one attached hydrogen (secondary N) is 3. The maximum Gasteiger partial charge on any atom is 0.282 e. The number of benzene rings is 2. The van der Waals surface area contributed by atoms with Crippen molar-refractivity contribution in [2.24, 2.45) is 0 Å². The maximum atomic E-state index is 12.2. The van der Waals surface area contributed by atoms with Gasteiger partial charge in [0.25, 0.3) is 17.5 Å². The van der Waals surface area contributed by atoms with E-state index in [-0.39, 0.29) is 16.4 Å². The average molecular weight is 432 g/mol. The summed E-state index contributed by atoms with van der Waals surface area (Å²) in [5, 5.41) is 13.2. The number of ether oxygens (including phenoxy) is 2. The number of carbonyl (C=O) groups excluding carboxylic acids is 2. The molecule has 0 heterocycles. The highest BCUT2D eigenvalue weighted by atomic mass is 32.1. The molecule has 0 bridgehead atoms. The number of nitrogens with zero attached hydrogens (tertiary/aromatic N) is 1. The van der Waals surface area contributed by atoms with Crippen molar-refractivity contribution in [3.63, 3.8) is 0 Å². The summed E-state index contributed by atoms with van der Waals surface area (Å²) < 4.78 is 10.6. The maximum absolute atomic E-state index is 12.2. The van der Waals surface area contributed by atoms with Crippen molar-refractivity contribution in [1.82, 2.24) is 16.2 Å². The fourth-order valence-corrected chi connectivity index (χ4v) is 2.42. The molecule has 0 aliphatic rings. The Labute approximate surface area is 177 Å². The van der Waals surface area contributed by atoms with Crippen LogP contribution in [0, 0.1) is 10.1 Å². The molecule has 158 valence electrons. The summed E-state index contributed by atoms with van der Waals surface area (Å²) >= 11 is 4.96. The van der Waals surface area contributed by atoms with E-state index in [0.717, 1.165) is 0 Å². The fourth-order valence-electron chi connectivity index (χ4n) is 2.28. The minimum absolute atomic E-state index is 0.149. The van der Waals surface area contributed by atoms with Gasteiger partial charge in [0.2, 0.25) is 0 Å². The summed E-state index contributed by atoms with van der Waals surface area (Å²) in [6.45, 7) is 3.37. The van der Waals surface area contributed by atoms with Crippen LogP contribution >= 0.6 is 12.2 Å². The molecule has 0 aliphatic carbocycles. The molecule has 0 saturated heterocycles. The Morgan fingerprint density at radius 2 is 1.73 bits per heavy atom. The number of amides is 2. The zero-order chi connectivity index (χ0) is 21.9. The van der Waals surface area contributed by atoms with Gasteiger partial charge in [-0.25, -0.2) is 0 Å². The second kappa shape index (κ2) is 11.4. The Kier molecular flexibility index (Phi) is 8.66. The first-order chi connectivity index (χ1) is 14.4. The van der Waals surface area contributed by atoms with Gasteiger partial charge in [0.15, 0.2) is 5.11 Å². The van der Waals surface area contributed by atoms with Crippen LogP contribution in [0.25, 0.3) is 0 Å². The third-order valence-corrected chi connectivity index (χ3v) is 3.88. The predicted molar refractivity (Wildman–Crippen MR) is 112 cm³/mol. The minimum Gasteiger partial charge on any atom is -0.491 e. The molecule has 0 fully saturated rings. The molecule has 0 unspecified atom stereocenters. The average Bonchev–Trinajstić information content (AvgIpc) is 2.75. The number of nitro groups is 1. The van der Waals surface area contributed by atoms with Crippen molar-refractivity contribution in [1.29, 1.82) is 0 Å². The molecular formula is C19H20N4O6S. The smallest absolute Gasteiger partial charge is 0.282 e. The van der Waals surface area contributed by atoms with E-state index in [9.17, 15) is 19.7 Å². The normalized spacial score (nSPS) is 10.0. The molecular weight excluding hydrogens is 412 g/mol. The first-order valence-corrected chi connectivity index (χ1v) is 9.29. The Morgan fingerprint density at radius 1 is 1.03 bits per heavy atom. The minimum atomic E-state index is -0.771. The monoisotopic (exact) mass is 432 g/mol. The Hall–Kier alpha value is -3.57. The first kappa shape index (κ1) is 22.7. The van der Waals surface area contributed by atoms with E-state index in [1.54, 1.807) is 24.3 Å². The lowest BCUT2D eigenvalue weighted by molar-refractivity contribution is -0.385. The lowest BCUT2D eigenvalue weighted by Crippen LogP contribution is -2.48.